The van der Waals surface area contributed by atoms with Gasteiger partial charge in [0.05, 0.1) is 17.8 Å². The average molecular weight is 431 g/mol. The van der Waals surface area contributed by atoms with Crippen LogP contribution in [0, 0.1) is 11.8 Å². The zero-order valence-corrected chi connectivity index (χ0v) is 18.3. The molecule has 2 aromatic rings. The predicted octanol–water partition coefficient (Wildman–Crippen LogP) is 0.975. The Morgan fingerprint density at radius 2 is 1.77 bits per heavy atom. The van der Waals surface area contributed by atoms with E-state index in [1.807, 2.05) is 27.7 Å². The van der Waals surface area contributed by atoms with Crippen LogP contribution >= 0.6 is 0 Å². The zero-order chi connectivity index (χ0) is 23.3. The molecule has 0 aliphatic heterocycles. The number of H-pyrrole nitrogens is 1. The van der Waals surface area contributed by atoms with E-state index in [-0.39, 0.29) is 41.1 Å². The summed E-state index contributed by atoms with van der Waals surface area (Å²) in [6, 6.07) is 6.38. The first kappa shape index (κ1) is 23.7. The molecule has 10 heteroatoms. The van der Waals surface area contributed by atoms with Gasteiger partial charge in [0, 0.05) is 13.1 Å². The van der Waals surface area contributed by atoms with Crippen LogP contribution in [0.2, 0.25) is 0 Å². The number of anilines is 3. The predicted molar refractivity (Wildman–Crippen MR) is 121 cm³/mol. The van der Waals surface area contributed by atoms with E-state index in [9.17, 15) is 19.2 Å². The molecule has 10 nitrogen and oxygen atoms in total. The molecule has 0 spiro atoms. The number of carbonyl (C=O) groups excluding carboxylic acids is 2. The molecule has 1 aromatic carbocycles. The van der Waals surface area contributed by atoms with Crippen molar-refractivity contribution < 1.29 is 9.59 Å². The van der Waals surface area contributed by atoms with Gasteiger partial charge >= 0.3 is 5.69 Å². The van der Waals surface area contributed by atoms with Gasteiger partial charge in [0.25, 0.3) is 11.5 Å². The molecule has 2 rings (SSSR count). The van der Waals surface area contributed by atoms with Crippen molar-refractivity contribution in [3.63, 3.8) is 0 Å². The lowest BCUT2D eigenvalue weighted by atomic mass is 10.1. The quantitative estimate of drug-likeness (QED) is 0.464. The molecule has 0 fully saturated rings. The van der Waals surface area contributed by atoms with E-state index in [0.717, 1.165) is 0 Å². The number of para-hydroxylation sites is 1. The smallest absolute Gasteiger partial charge is 0.330 e. The third kappa shape index (κ3) is 5.97. The molecule has 31 heavy (non-hydrogen) atoms. The monoisotopic (exact) mass is 430 g/mol. The van der Waals surface area contributed by atoms with Crippen LogP contribution in [-0.4, -0.2) is 34.5 Å². The second-order valence-corrected chi connectivity index (χ2v) is 8.23. The Morgan fingerprint density at radius 3 is 2.35 bits per heavy atom. The normalized spacial score (nSPS) is 11.0. The minimum atomic E-state index is -0.670. The maximum atomic E-state index is 12.8. The van der Waals surface area contributed by atoms with Crippen LogP contribution in [0.1, 0.15) is 38.1 Å². The summed E-state index contributed by atoms with van der Waals surface area (Å²) in [5.41, 5.74) is 10.8. The van der Waals surface area contributed by atoms with Crippen LogP contribution < -0.4 is 32.9 Å². The van der Waals surface area contributed by atoms with Gasteiger partial charge in [-0.25, -0.2) is 4.79 Å². The molecule has 0 atom stereocenters. The van der Waals surface area contributed by atoms with Gasteiger partial charge in [0.1, 0.15) is 11.5 Å². The largest absolute Gasteiger partial charge is 0.383 e. The van der Waals surface area contributed by atoms with Crippen molar-refractivity contribution in [3.8, 4) is 0 Å². The van der Waals surface area contributed by atoms with E-state index < -0.39 is 23.1 Å². The summed E-state index contributed by atoms with van der Waals surface area (Å²) in [5.74, 6) is -0.916. The Morgan fingerprint density at radius 1 is 1.13 bits per heavy atom. The van der Waals surface area contributed by atoms with Gasteiger partial charge in [-0.1, -0.05) is 39.8 Å². The number of nitrogens with zero attached hydrogens (tertiary/aromatic N) is 2. The number of aromatic amines is 1. The second kappa shape index (κ2) is 9.96. The first-order valence-electron chi connectivity index (χ1n) is 10.1. The molecule has 0 radical (unpaired) electrons. The highest BCUT2D eigenvalue weighted by molar-refractivity contribution is 6.03. The van der Waals surface area contributed by atoms with Crippen molar-refractivity contribution in [2.75, 3.05) is 29.0 Å². The van der Waals surface area contributed by atoms with E-state index in [2.05, 4.69) is 10.3 Å². The molecule has 6 N–H and O–H groups in total. The number of carbonyl (C=O) groups is 2. The van der Waals surface area contributed by atoms with Gasteiger partial charge in [-0.15, -0.1) is 0 Å². The van der Waals surface area contributed by atoms with E-state index in [1.54, 1.807) is 18.2 Å². The minimum absolute atomic E-state index is 0.00781. The molecule has 0 bridgehead atoms. The number of primary amides is 1. The fraction of sp³-hybridized carbons (Fsp3) is 0.429. The van der Waals surface area contributed by atoms with Crippen LogP contribution in [0.25, 0.3) is 0 Å². The molecule has 0 aliphatic carbocycles. The van der Waals surface area contributed by atoms with Gasteiger partial charge in [-0.3, -0.25) is 23.9 Å². The number of amides is 2. The Balaban J connectivity index is 2.41. The van der Waals surface area contributed by atoms with Crippen molar-refractivity contribution >= 4 is 29.0 Å². The van der Waals surface area contributed by atoms with Crippen LogP contribution in [0.3, 0.4) is 0 Å². The zero-order valence-electron chi connectivity index (χ0n) is 18.3. The number of hydrogen-bond acceptors (Lipinski definition) is 6. The summed E-state index contributed by atoms with van der Waals surface area (Å²) in [6.45, 7) is 8.17. The summed E-state index contributed by atoms with van der Waals surface area (Å²) in [7, 11) is 0. The van der Waals surface area contributed by atoms with E-state index in [0.29, 0.717) is 13.1 Å². The van der Waals surface area contributed by atoms with Gasteiger partial charge in [0.15, 0.2) is 0 Å². The highest BCUT2D eigenvalue weighted by Gasteiger charge is 2.23. The molecule has 0 saturated heterocycles. The lowest BCUT2D eigenvalue weighted by Crippen LogP contribution is -2.43. The number of nitrogen functional groups attached to an aromatic ring is 1. The molecule has 0 saturated carbocycles. The highest BCUT2D eigenvalue weighted by Crippen LogP contribution is 2.20. The molecular formula is C21H30N6O4. The average Bonchev–Trinajstić information content (AvgIpc) is 2.64. The summed E-state index contributed by atoms with van der Waals surface area (Å²) < 4.78 is 1.30. The number of aromatic nitrogens is 2. The van der Waals surface area contributed by atoms with Crippen LogP contribution in [0.4, 0.5) is 17.2 Å². The topological polar surface area (TPSA) is 156 Å². The van der Waals surface area contributed by atoms with Gasteiger partial charge in [-0.05, 0) is 24.0 Å². The van der Waals surface area contributed by atoms with Crippen molar-refractivity contribution in [1.82, 2.24) is 9.55 Å². The first-order chi connectivity index (χ1) is 14.5. The van der Waals surface area contributed by atoms with Crippen LogP contribution in [-0.2, 0) is 11.3 Å². The standard InChI is InChI=1S/C21H30N6O4/c1-12(2)9-26(11-16(28)24-15-8-6-5-7-14(15)19(23)29)17-18(22)27(10-13(3)4)21(31)25-20(17)30/h5-8,12-13H,9-11,22H2,1-4H3,(H2,23,29)(H,24,28)(H,25,30,31). The van der Waals surface area contributed by atoms with Crippen molar-refractivity contribution in [2.45, 2.75) is 34.2 Å². The third-order valence-electron chi connectivity index (χ3n) is 4.46. The molecule has 0 unspecified atom stereocenters. The highest BCUT2D eigenvalue weighted by atomic mass is 16.2. The summed E-state index contributed by atoms with van der Waals surface area (Å²) in [5, 5.41) is 2.66. The van der Waals surface area contributed by atoms with Crippen molar-refractivity contribution in [2.24, 2.45) is 17.6 Å². The third-order valence-corrected chi connectivity index (χ3v) is 4.46. The molecular weight excluding hydrogens is 400 g/mol. The van der Waals surface area contributed by atoms with Gasteiger partial charge in [0.2, 0.25) is 5.91 Å². The fourth-order valence-electron chi connectivity index (χ4n) is 3.28. The summed E-state index contributed by atoms with van der Waals surface area (Å²) in [4.78, 5) is 53.1. The van der Waals surface area contributed by atoms with Crippen LogP contribution in [0.5, 0.6) is 0 Å². The molecule has 2 amide bonds. The first-order valence-corrected chi connectivity index (χ1v) is 10.1. The minimum Gasteiger partial charge on any atom is -0.383 e. The van der Waals surface area contributed by atoms with Gasteiger partial charge < -0.3 is 21.7 Å². The Bertz CT molecular complexity index is 1070. The SMILES string of the molecule is CC(C)CN(CC(=O)Nc1ccccc1C(N)=O)c1c(N)n(CC(C)C)c(=O)[nH]c1=O. The molecule has 1 heterocycles. The maximum Gasteiger partial charge on any atom is 0.330 e. The molecule has 0 aliphatic rings. The summed E-state index contributed by atoms with van der Waals surface area (Å²) >= 11 is 0. The van der Waals surface area contributed by atoms with Gasteiger partial charge in [-0.2, -0.15) is 0 Å². The number of benzene rings is 1. The number of nitrogens with one attached hydrogen (secondary N) is 2. The molecule has 1 aromatic heterocycles. The van der Waals surface area contributed by atoms with E-state index in [1.165, 1.54) is 15.5 Å². The Hall–Kier alpha value is -3.56. The Kier molecular flexibility index (Phi) is 7.62. The number of nitrogens with two attached hydrogens (primary N) is 2. The molecule has 168 valence electrons. The van der Waals surface area contributed by atoms with Crippen LogP contribution in [0.15, 0.2) is 33.9 Å². The second-order valence-electron chi connectivity index (χ2n) is 8.23. The summed E-state index contributed by atoms with van der Waals surface area (Å²) in [6.07, 6.45) is 0. The number of hydrogen-bond donors (Lipinski definition) is 4. The lowest BCUT2D eigenvalue weighted by Gasteiger charge is -2.27. The van der Waals surface area contributed by atoms with Crippen molar-refractivity contribution in [3.05, 3.63) is 50.7 Å². The van der Waals surface area contributed by atoms with E-state index >= 15 is 0 Å². The fourth-order valence-corrected chi connectivity index (χ4v) is 3.28. The lowest BCUT2D eigenvalue weighted by molar-refractivity contribution is -0.115. The van der Waals surface area contributed by atoms with E-state index in [4.69, 9.17) is 11.5 Å². The Labute approximate surface area is 180 Å². The maximum absolute atomic E-state index is 12.8. The van der Waals surface area contributed by atoms with Crippen molar-refractivity contribution in [1.29, 1.82) is 0 Å². The number of rotatable bonds is 9.